The fraction of sp³-hybridized carbons (Fsp3) is 0.364. The number of urea groups is 1. The van der Waals surface area contributed by atoms with Gasteiger partial charge < -0.3 is 9.64 Å². The van der Waals surface area contributed by atoms with Gasteiger partial charge in [-0.15, -0.1) is 0 Å². The highest BCUT2D eigenvalue weighted by molar-refractivity contribution is 5.73. The molecule has 94 valence electrons. The molecule has 0 atom stereocenters. The molecule has 0 saturated heterocycles. The van der Waals surface area contributed by atoms with Crippen LogP contribution in [0.3, 0.4) is 0 Å². The normalized spacial score (nSPS) is 9.88. The molecule has 5 nitrogen and oxygen atoms in total. The van der Waals surface area contributed by atoms with E-state index in [0.29, 0.717) is 13.0 Å². The van der Waals surface area contributed by atoms with Gasteiger partial charge in [0.25, 0.3) is 0 Å². The van der Waals surface area contributed by atoms with E-state index in [9.17, 15) is 9.18 Å². The van der Waals surface area contributed by atoms with E-state index in [-0.39, 0.29) is 11.8 Å². The number of carbonyl (C=O) groups is 1. The molecule has 3 N–H and O–H groups in total. The first-order valence-corrected chi connectivity index (χ1v) is 5.12. The number of methoxy groups -OCH3 is 1. The molecule has 0 aliphatic carbocycles. The molecule has 0 unspecified atom stereocenters. The molecule has 0 aliphatic heterocycles. The topological polar surface area (TPSA) is 67.6 Å². The maximum Gasteiger partial charge on any atom is 0.331 e. The van der Waals surface area contributed by atoms with Crippen molar-refractivity contribution in [2.75, 3.05) is 20.7 Å². The third-order valence-electron chi connectivity index (χ3n) is 2.42. The van der Waals surface area contributed by atoms with Crippen LogP contribution in [0.2, 0.25) is 0 Å². The lowest BCUT2D eigenvalue weighted by molar-refractivity contribution is 0.209. The molecule has 0 fully saturated rings. The highest BCUT2D eigenvalue weighted by Gasteiger charge is 2.07. The van der Waals surface area contributed by atoms with Crippen molar-refractivity contribution in [3.8, 4) is 5.75 Å². The van der Waals surface area contributed by atoms with E-state index in [4.69, 9.17) is 10.6 Å². The quantitative estimate of drug-likeness (QED) is 0.467. The first-order valence-electron chi connectivity index (χ1n) is 5.12. The summed E-state index contributed by atoms with van der Waals surface area (Å²) in [5.74, 6) is 4.79. The van der Waals surface area contributed by atoms with E-state index < -0.39 is 5.82 Å². The van der Waals surface area contributed by atoms with E-state index in [1.165, 1.54) is 18.1 Å². The zero-order chi connectivity index (χ0) is 12.8. The molecule has 0 bridgehead atoms. The predicted octanol–water partition coefficient (Wildman–Crippen LogP) is 0.892. The van der Waals surface area contributed by atoms with Crippen LogP contribution in [0.25, 0.3) is 0 Å². The molecule has 0 spiro atoms. The Morgan fingerprint density at radius 1 is 1.59 bits per heavy atom. The van der Waals surface area contributed by atoms with Gasteiger partial charge in [-0.25, -0.2) is 15.0 Å². The molecule has 0 heterocycles. The van der Waals surface area contributed by atoms with E-state index in [0.717, 1.165) is 5.56 Å². The van der Waals surface area contributed by atoms with Gasteiger partial charge in [-0.3, -0.25) is 5.43 Å². The number of nitrogens with two attached hydrogens (primary N) is 1. The van der Waals surface area contributed by atoms with Gasteiger partial charge in [-0.05, 0) is 24.1 Å². The molecule has 6 heteroatoms. The van der Waals surface area contributed by atoms with Crippen LogP contribution in [-0.4, -0.2) is 31.6 Å². The minimum Gasteiger partial charge on any atom is -0.494 e. The standard InChI is InChI=1S/C11H16FN3O2/c1-15(11(16)14-13)6-5-8-3-4-10(17-2)9(12)7-8/h3-4,7H,5-6,13H2,1-2H3,(H,14,16). The first kappa shape index (κ1) is 13.2. The number of rotatable bonds is 4. The summed E-state index contributed by atoms with van der Waals surface area (Å²) in [6, 6.07) is 4.34. The number of hydrazine groups is 1. The van der Waals surface area contributed by atoms with Gasteiger partial charge in [0.2, 0.25) is 0 Å². The summed E-state index contributed by atoms with van der Waals surface area (Å²) in [7, 11) is 3.03. The van der Waals surface area contributed by atoms with Gasteiger partial charge in [0.15, 0.2) is 11.6 Å². The fourth-order valence-electron chi connectivity index (χ4n) is 1.37. The molecule has 0 aliphatic rings. The number of nitrogens with one attached hydrogen (secondary N) is 1. The number of ether oxygens (including phenoxy) is 1. The second-order valence-electron chi connectivity index (χ2n) is 3.59. The fourth-order valence-corrected chi connectivity index (χ4v) is 1.37. The summed E-state index contributed by atoms with van der Waals surface area (Å²) < 4.78 is 18.2. The molecule has 0 radical (unpaired) electrons. The summed E-state index contributed by atoms with van der Waals surface area (Å²) in [6.45, 7) is 0.453. The van der Waals surface area contributed by atoms with Crippen LogP contribution in [0.5, 0.6) is 5.75 Å². The Hall–Kier alpha value is -1.82. The summed E-state index contributed by atoms with van der Waals surface area (Å²) >= 11 is 0. The molecular weight excluding hydrogens is 225 g/mol. The van der Waals surface area contributed by atoms with Crippen molar-refractivity contribution in [2.45, 2.75) is 6.42 Å². The van der Waals surface area contributed by atoms with Crippen molar-refractivity contribution in [3.05, 3.63) is 29.6 Å². The average Bonchev–Trinajstić information content (AvgIpc) is 2.35. The number of benzene rings is 1. The molecule has 0 saturated carbocycles. The monoisotopic (exact) mass is 241 g/mol. The molecule has 0 aromatic heterocycles. The molecule has 1 aromatic rings. The van der Waals surface area contributed by atoms with Gasteiger partial charge in [0.1, 0.15) is 0 Å². The number of amides is 2. The number of nitrogens with zero attached hydrogens (tertiary/aromatic N) is 1. The Morgan fingerprint density at radius 2 is 2.29 bits per heavy atom. The van der Waals surface area contributed by atoms with Crippen LogP contribution in [-0.2, 0) is 6.42 Å². The van der Waals surface area contributed by atoms with Crippen LogP contribution >= 0.6 is 0 Å². The SMILES string of the molecule is COc1ccc(CCN(C)C(=O)NN)cc1F. The Balaban J connectivity index is 2.58. The number of hydrogen-bond acceptors (Lipinski definition) is 3. The van der Waals surface area contributed by atoms with Crippen molar-refractivity contribution in [3.63, 3.8) is 0 Å². The van der Waals surface area contributed by atoms with Crippen molar-refractivity contribution >= 4 is 6.03 Å². The zero-order valence-electron chi connectivity index (χ0n) is 9.87. The highest BCUT2D eigenvalue weighted by Crippen LogP contribution is 2.17. The summed E-state index contributed by atoms with van der Waals surface area (Å²) in [5.41, 5.74) is 2.82. The van der Waals surface area contributed by atoms with E-state index >= 15 is 0 Å². The van der Waals surface area contributed by atoms with Crippen molar-refractivity contribution in [1.29, 1.82) is 0 Å². The van der Waals surface area contributed by atoms with E-state index in [1.807, 2.05) is 5.43 Å². The van der Waals surface area contributed by atoms with Crippen LogP contribution in [0, 0.1) is 5.82 Å². The lowest BCUT2D eigenvalue weighted by Crippen LogP contribution is -2.41. The number of hydrogen-bond donors (Lipinski definition) is 2. The Bertz CT molecular complexity index is 398. The molecule has 17 heavy (non-hydrogen) atoms. The van der Waals surface area contributed by atoms with Gasteiger partial charge in [-0.2, -0.15) is 0 Å². The highest BCUT2D eigenvalue weighted by atomic mass is 19.1. The average molecular weight is 241 g/mol. The minimum absolute atomic E-state index is 0.210. The third-order valence-corrected chi connectivity index (χ3v) is 2.42. The smallest absolute Gasteiger partial charge is 0.331 e. The van der Waals surface area contributed by atoms with Gasteiger partial charge in [0, 0.05) is 13.6 Å². The largest absolute Gasteiger partial charge is 0.494 e. The van der Waals surface area contributed by atoms with Crippen molar-refractivity contribution < 1.29 is 13.9 Å². The van der Waals surface area contributed by atoms with Gasteiger partial charge in [-0.1, -0.05) is 6.07 Å². The molecule has 1 aromatic carbocycles. The second-order valence-corrected chi connectivity index (χ2v) is 3.59. The lowest BCUT2D eigenvalue weighted by atomic mass is 10.1. The minimum atomic E-state index is -0.407. The van der Waals surface area contributed by atoms with Gasteiger partial charge in [0.05, 0.1) is 7.11 Å². The number of likely N-dealkylation sites (N-methyl/N-ethyl adjacent to an activating group) is 1. The van der Waals surface area contributed by atoms with E-state index in [1.54, 1.807) is 19.2 Å². The van der Waals surface area contributed by atoms with Crippen LogP contribution in [0.1, 0.15) is 5.56 Å². The second kappa shape index (κ2) is 6.05. The van der Waals surface area contributed by atoms with Crippen molar-refractivity contribution in [2.24, 2.45) is 5.84 Å². The number of halogens is 1. The van der Waals surface area contributed by atoms with Crippen LogP contribution in [0.15, 0.2) is 18.2 Å². The summed E-state index contributed by atoms with van der Waals surface area (Å²) in [4.78, 5) is 12.5. The Kier molecular flexibility index (Phi) is 4.71. The Labute approximate surface area is 99.3 Å². The molecule has 1 rings (SSSR count). The number of carbonyl (C=O) groups excluding carboxylic acids is 1. The first-order chi connectivity index (χ1) is 8.08. The third kappa shape index (κ3) is 3.60. The summed E-state index contributed by atoms with van der Waals surface area (Å²) in [6.07, 6.45) is 0.546. The zero-order valence-corrected chi connectivity index (χ0v) is 9.87. The molecular formula is C11H16FN3O2. The Morgan fingerprint density at radius 3 is 2.82 bits per heavy atom. The summed E-state index contributed by atoms with van der Waals surface area (Å²) in [5, 5.41) is 0. The van der Waals surface area contributed by atoms with Gasteiger partial charge >= 0.3 is 6.03 Å². The van der Waals surface area contributed by atoms with Crippen LogP contribution in [0.4, 0.5) is 9.18 Å². The van der Waals surface area contributed by atoms with Crippen molar-refractivity contribution in [1.82, 2.24) is 10.3 Å². The lowest BCUT2D eigenvalue weighted by Gasteiger charge is -2.16. The molecule has 2 amide bonds. The van der Waals surface area contributed by atoms with E-state index in [2.05, 4.69) is 0 Å². The predicted molar refractivity (Wildman–Crippen MR) is 62.0 cm³/mol. The maximum atomic E-state index is 13.4. The van der Waals surface area contributed by atoms with Crippen LogP contribution < -0.4 is 16.0 Å². The maximum absolute atomic E-state index is 13.4.